The molecule has 3 nitrogen and oxygen atoms in total. The molecule has 116 valence electrons. The molecular formula is C20H18O3. The Kier molecular flexibility index (Phi) is 4.29. The molecular weight excluding hydrogens is 288 g/mol. The van der Waals surface area contributed by atoms with Crippen molar-refractivity contribution in [2.24, 2.45) is 0 Å². The quantitative estimate of drug-likeness (QED) is 0.484. The molecule has 0 aliphatic heterocycles. The van der Waals surface area contributed by atoms with Gasteiger partial charge < -0.3 is 9.47 Å². The molecule has 23 heavy (non-hydrogen) atoms. The zero-order chi connectivity index (χ0) is 16.2. The molecule has 0 amide bonds. The van der Waals surface area contributed by atoms with Gasteiger partial charge in [0.15, 0.2) is 0 Å². The molecule has 0 heterocycles. The number of hydrogen-bond acceptors (Lipinski definition) is 3. The first-order valence-corrected chi connectivity index (χ1v) is 7.51. The summed E-state index contributed by atoms with van der Waals surface area (Å²) >= 11 is 0. The molecule has 0 atom stereocenters. The summed E-state index contributed by atoms with van der Waals surface area (Å²) in [6.45, 7) is 4.08. The number of carbonyl (C=O) groups is 1. The largest absolute Gasteiger partial charge is 0.497 e. The van der Waals surface area contributed by atoms with Gasteiger partial charge in [0.25, 0.3) is 0 Å². The lowest BCUT2D eigenvalue weighted by molar-refractivity contribution is -0.128. The number of benzene rings is 2. The van der Waals surface area contributed by atoms with Gasteiger partial charge in [0.05, 0.1) is 7.11 Å². The van der Waals surface area contributed by atoms with Gasteiger partial charge in [0.1, 0.15) is 11.5 Å². The lowest BCUT2D eigenvalue weighted by Crippen LogP contribution is -2.09. The van der Waals surface area contributed by atoms with Gasteiger partial charge in [-0.1, -0.05) is 30.8 Å². The molecule has 3 heteroatoms. The van der Waals surface area contributed by atoms with E-state index in [1.165, 1.54) is 11.6 Å². The Bertz CT molecular complexity index is 770. The van der Waals surface area contributed by atoms with Crippen molar-refractivity contribution in [3.63, 3.8) is 0 Å². The number of hydrogen-bond donors (Lipinski definition) is 0. The van der Waals surface area contributed by atoms with Crippen molar-refractivity contribution in [2.75, 3.05) is 7.11 Å². The van der Waals surface area contributed by atoms with Gasteiger partial charge in [-0.05, 0) is 59.4 Å². The van der Waals surface area contributed by atoms with E-state index < -0.39 is 5.97 Å². The van der Waals surface area contributed by atoms with E-state index in [9.17, 15) is 4.79 Å². The van der Waals surface area contributed by atoms with Crippen LogP contribution < -0.4 is 9.47 Å². The normalized spacial score (nSPS) is 15.2. The highest BCUT2D eigenvalue weighted by Crippen LogP contribution is 2.33. The molecule has 0 unspecified atom stereocenters. The number of carbonyl (C=O) groups excluding carboxylic acids is 1. The Morgan fingerprint density at radius 2 is 1.74 bits per heavy atom. The standard InChI is InChI=1S/C20H18O3/c1-14-7-8-15-5-3-4-6-18(15)19(14)13-20(21)23-17-11-9-16(22-2)10-12-17/h3-6,9-13H,1,7-8H2,2H3/b19-13-. The predicted molar refractivity (Wildman–Crippen MR) is 90.5 cm³/mol. The molecule has 0 bridgehead atoms. The summed E-state index contributed by atoms with van der Waals surface area (Å²) < 4.78 is 10.5. The molecule has 0 fully saturated rings. The highest BCUT2D eigenvalue weighted by atomic mass is 16.5. The summed E-state index contributed by atoms with van der Waals surface area (Å²) in [7, 11) is 1.59. The number of esters is 1. The van der Waals surface area contributed by atoms with Crippen molar-refractivity contribution in [3.8, 4) is 11.5 Å². The van der Waals surface area contributed by atoms with E-state index in [0.29, 0.717) is 5.75 Å². The summed E-state index contributed by atoms with van der Waals surface area (Å²) in [6.07, 6.45) is 3.35. The van der Waals surface area contributed by atoms with Gasteiger partial charge in [-0.25, -0.2) is 4.79 Å². The smallest absolute Gasteiger partial charge is 0.336 e. The fourth-order valence-corrected chi connectivity index (χ4v) is 2.70. The van der Waals surface area contributed by atoms with Crippen LogP contribution in [0.5, 0.6) is 11.5 Å². The number of ether oxygens (including phenoxy) is 2. The van der Waals surface area contributed by atoms with Gasteiger partial charge in [0, 0.05) is 6.08 Å². The molecule has 1 aliphatic rings. The maximum Gasteiger partial charge on any atom is 0.336 e. The van der Waals surface area contributed by atoms with Crippen molar-refractivity contribution >= 4 is 11.5 Å². The van der Waals surface area contributed by atoms with Crippen LogP contribution >= 0.6 is 0 Å². The number of methoxy groups -OCH3 is 1. The fourth-order valence-electron chi connectivity index (χ4n) is 2.70. The Morgan fingerprint density at radius 3 is 2.48 bits per heavy atom. The summed E-state index contributed by atoms with van der Waals surface area (Å²) in [5.41, 5.74) is 4.14. The third-order valence-corrected chi connectivity index (χ3v) is 3.92. The number of aryl methyl sites for hydroxylation is 1. The van der Waals surface area contributed by atoms with Gasteiger partial charge in [-0.2, -0.15) is 0 Å². The average Bonchev–Trinajstić information content (AvgIpc) is 2.58. The van der Waals surface area contributed by atoms with Crippen LogP contribution in [-0.4, -0.2) is 13.1 Å². The second-order valence-electron chi connectivity index (χ2n) is 5.42. The highest BCUT2D eigenvalue weighted by molar-refractivity contribution is 5.97. The van der Waals surface area contributed by atoms with Gasteiger partial charge >= 0.3 is 5.97 Å². The zero-order valence-corrected chi connectivity index (χ0v) is 13.0. The molecule has 1 aliphatic carbocycles. The van der Waals surface area contributed by atoms with Crippen LogP contribution in [0.2, 0.25) is 0 Å². The van der Waals surface area contributed by atoms with Crippen LogP contribution in [0.15, 0.2) is 66.8 Å². The second kappa shape index (κ2) is 6.53. The van der Waals surface area contributed by atoms with Crippen molar-refractivity contribution in [1.29, 1.82) is 0 Å². The van der Waals surface area contributed by atoms with E-state index in [2.05, 4.69) is 12.6 Å². The Hall–Kier alpha value is -2.81. The van der Waals surface area contributed by atoms with Crippen molar-refractivity contribution in [1.82, 2.24) is 0 Å². The van der Waals surface area contributed by atoms with Crippen LogP contribution in [0, 0.1) is 0 Å². The van der Waals surface area contributed by atoms with Crippen molar-refractivity contribution in [2.45, 2.75) is 12.8 Å². The molecule has 0 saturated carbocycles. The first-order chi connectivity index (χ1) is 11.2. The molecule has 0 N–H and O–H groups in total. The molecule has 2 aromatic carbocycles. The van der Waals surface area contributed by atoms with E-state index in [-0.39, 0.29) is 0 Å². The molecule has 0 saturated heterocycles. The van der Waals surface area contributed by atoms with Gasteiger partial charge in [-0.3, -0.25) is 0 Å². The Balaban J connectivity index is 1.82. The molecule has 0 spiro atoms. The molecule has 0 aromatic heterocycles. The van der Waals surface area contributed by atoms with Gasteiger partial charge in [-0.15, -0.1) is 0 Å². The summed E-state index contributed by atoms with van der Waals surface area (Å²) in [4.78, 5) is 12.2. The topological polar surface area (TPSA) is 35.5 Å². The number of rotatable bonds is 3. The molecule has 0 radical (unpaired) electrons. The minimum Gasteiger partial charge on any atom is -0.497 e. The molecule has 3 rings (SSSR count). The van der Waals surface area contributed by atoms with E-state index in [1.54, 1.807) is 31.4 Å². The Morgan fingerprint density at radius 1 is 1.04 bits per heavy atom. The monoisotopic (exact) mass is 306 g/mol. The number of fused-ring (bicyclic) bond motifs is 1. The minimum absolute atomic E-state index is 0.400. The van der Waals surface area contributed by atoms with Crippen LogP contribution in [0.1, 0.15) is 17.5 Å². The first-order valence-electron chi connectivity index (χ1n) is 7.51. The average molecular weight is 306 g/mol. The van der Waals surface area contributed by atoms with Crippen LogP contribution in [-0.2, 0) is 11.2 Å². The van der Waals surface area contributed by atoms with E-state index in [0.717, 1.165) is 35.3 Å². The molecule has 2 aromatic rings. The maximum absolute atomic E-state index is 12.2. The Labute approximate surface area is 135 Å². The summed E-state index contributed by atoms with van der Waals surface area (Å²) in [6, 6.07) is 15.0. The van der Waals surface area contributed by atoms with Gasteiger partial charge in [0.2, 0.25) is 0 Å². The third kappa shape index (κ3) is 3.34. The van der Waals surface area contributed by atoms with E-state index in [4.69, 9.17) is 9.47 Å². The minimum atomic E-state index is -0.400. The van der Waals surface area contributed by atoms with Crippen molar-refractivity contribution < 1.29 is 14.3 Å². The highest BCUT2D eigenvalue weighted by Gasteiger charge is 2.18. The maximum atomic E-state index is 12.2. The third-order valence-electron chi connectivity index (χ3n) is 3.92. The summed E-state index contributed by atoms with van der Waals surface area (Å²) in [5, 5.41) is 0. The first kappa shape index (κ1) is 15.1. The second-order valence-corrected chi connectivity index (χ2v) is 5.42. The predicted octanol–water partition coefficient (Wildman–Crippen LogP) is 4.19. The van der Waals surface area contributed by atoms with Crippen LogP contribution in [0.3, 0.4) is 0 Å². The van der Waals surface area contributed by atoms with Crippen molar-refractivity contribution in [3.05, 3.63) is 77.9 Å². The zero-order valence-electron chi connectivity index (χ0n) is 13.0. The lowest BCUT2D eigenvalue weighted by atomic mass is 9.84. The SMILES string of the molecule is C=C1CCc2ccccc2/C1=C\C(=O)Oc1ccc(OC)cc1. The fraction of sp³-hybridized carbons (Fsp3) is 0.150. The van der Waals surface area contributed by atoms with E-state index in [1.807, 2.05) is 18.2 Å². The van der Waals surface area contributed by atoms with Crippen LogP contribution in [0.4, 0.5) is 0 Å². The lowest BCUT2D eigenvalue weighted by Gasteiger charge is -2.20. The van der Waals surface area contributed by atoms with E-state index >= 15 is 0 Å². The number of allylic oxidation sites excluding steroid dienone is 2. The van der Waals surface area contributed by atoms with Crippen LogP contribution in [0.25, 0.3) is 5.57 Å². The summed E-state index contributed by atoms with van der Waals surface area (Å²) in [5.74, 6) is 0.808.